The number of pyridine rings is 1. The molecule has 1 aromatic heterocycles. The van der Waals surface area contributed by atoms with Gasteiger partial charge in [-0.05, 0) is 91.9 Å². The second-order valence-corrected chi connectivity index (χ2v) is 12.3. The van der Waals surface area contributed by atoms with Crippen LogP contribution in [-0.4, -0.2) is 53.6 Å². The van der Waals surface area contributed by atoms with Gasteiger partial charge in [0.15, 0.2) is 0 Å². The average molecular weight is 711 g/mol. The van der Waals surface area contributed by atoms with E-state index in [9.17, 15) is 10.1 Å². The number of benzene rings is 3. The van der Waals surface area contributed by atoms with Crippen molar-refractivity contribution in [1.29, 1.82) is 5.26 Å². The fourth-order valence-electron chi connectivity index (χ4n) is 5.70. The van der Waals surface area contributed by atoms with Crippen LogP contribution in [0.3, 0.4) is 0 Å². The first-order valence-corrected chi connectivity index (χ1v) is 17.2. The van der Waals surface area contributed by atoms with Crippen LogP contribution >= 0.6 is 11.6 Å². The summed E-state index contributed by atoms with van der Waals surface area (Å²) in [5.41, 5.74) is 6.56. The molecule has 11 heteroatoms. The molecule has 0 bridgehead atoms. The molecule has 1 amide bonds. The number of nitrogens with one attached hydrogen (secondary N) is 1. The molecule has 0 saturated carbocycles. The van der Waals surface area contributed by atoms with E-state index in [4.69, 9.17) is 35.7 Å². The summed E-state index contributed by atoms with van der Waals surface area (Å²) in [6, 6.07) is 21.9. The summed E-state index contributed by atoms with van der Waals surface area (Å²) in [7, 11) is 0. The molecule has 3 aromatic carbocycles. The van der Waals surface area contributed by atoms with Gasteiger partial charge in [-0.2, -0.15) is 5.26 Å². The molecule has 2 N–H and O–H groups in total. The number of amides is 1. The number of carbonyl (C=O) groups excluding carboxylic acids is 1. The molecule has 0 atom stereocenters. The van der Waals surface area contributed by atoms with Gasteiger partial charge in [-0.3, -0.25) is 19.5 Å². The minimum Gasteiger partial charge on any atom is -0.494 e. The molecule has 1 aliphatic heterocycles. The van der Waals surface area contributed by atoms with Gasteiger partial charge >= 0.3 is 0 Å². The van der Waals surface area contributed by atoms with Crippen molar-refractivity contribution >= 4 is 24.0 Å². The van der Waals surface area contributed by atoms with Crippen LogP contribution in [0, 0.1) is 18.3 Å². The molecule has 1 aliphatic rings. The molecule has 5 rings (SSSR count). The van der Waals surface area contributed by atoms with Crippen LogP contribution in [0.15, 0.2) is 85.7 Å². The van der Waals surface area contributed by atoms with Crippen LogP contribution in [0.5, 0.6) is 17.2 Å². The molecule has 51 heavy (non-hydrogen) atoms. The number of aromatic nitrogens is 1. The van der Waals surface area contributed by atoms with Crippen LogP contribution in [0.25, 0.3) is 11.1 Å². The number of hydrogen-bond donors (Lipinski definition) is 2. The topological polar surface area (TPSA) is 134 Å². The lowest BCUT2D eigenvalue weighted by Gasteiger charge is -2.27. The Morgan fingerprint density at radius 1 is 1.02 bits per heavy atom. The Hall–Kier alpha value is -5.37. The molecule has 1 saturated heterocycles. The lowest BCUT2D eigenvalue weighted by atomic mass is 9.96. The third kappa shape index (κ3) is 11.9. The van der Waals surface area contributed by atoms with Gasteiger partial charge in [-0.1, -0.05) is 54.9 Å². The van der Waals surface area contributed by atoms with Crippen molar-refractivity contribution in [3.8, 4) is 34.4 Å². The van der Waals surface area contributed by atoms with Gasteiger partial charge in [0.25, 0.3) is 6.47 Å². The smallest absolute Gasteiger partial charge is 0.290 e. The molecule has 0 radical (unpaired) electrons. The molecular formula is C40H43ClN4O6. The standard InChI is InChI=1S/C39H41ClN4O4.CH2O2/c1-3-39(45)43-14-9-17-46-34-12-7-10-31(19-34)35-13-8-11-32(28(35)2)27-48-38-21-37(47-26-30-18-29(22-41)23-42-24-30)33(20-36(38)40)25-44-15-5-4-6-16-44;2-1-3/h3,7-8,10-13,18-21,23-24H,1,4-6,9,14-17,25-27H2,2H3,(H,43,45);1H,(H,2,3). The first-order chi connectivity index (χ1) is 24.8. The predicted molar refractivity (Wildman–Crippen MR) is 197 cm³/mol. The summed E-state index contributed by atoms with van der Waals surface area (Å²) in [6.07, 6.45) is 8.83. The predicted octanol–water partition coefficient (Wildman–Crippen LogP) is 7.50. The van der Waals surface area contributed by atoms with Gasteiger partial charge in [0.05, 0.1) is 17.2 Å². The summed E-state index contributed by atoms with van der Waals surface area (Å²) in [4.78, 5) is 26.3. The fraction of sp³-hybridized carbons (Fsp3) is 0.300. The fourth-order valence-corrected chi connectivity index (χ4v) is 5.94. The van der Waals surface area contributed by atoms with Crippen molar-refractivity contribution in [1.82, 2.24) is 15.2 Å². The first kappa shape index (κ1) is 38.4. The van der Waals surface area contributed by atoms with Gasteiger partial charge in [-0.25, -0.2) is 0 Å². The minimum atomic E-state index is -0.250. The van der Waals surface area contributed by atoms with Crippen LogP contribution in [-0.2, 0) is 29.3 Å². The highest BCUT2D eigenvalue weighted by Crippen LogP contribution is 2.36. The van der Waals surface area contributed by atoms with E-state index in [1.807, 2.05) is 36.4 Å². The van der Waals surface area contributed by atoms with Crippen LogP contribution < -0.4 is 19.5 Å². The van der Waals surface area contributed by atoms with Gasteiger partial charge < -0.3 is 24.6 Å². The molecule has 266 valence electrons. The zero-order valence-corrected chi connectivity index (χ0v) is 29.5. The van der Waals surface area contributed by atoms with Gasteiger partial charge in [-0.15, -0.1) is 0 Å². The van der Waals surface area contributed by atoms with E-state index in [1.54, 1.807) is 12.3 Å². The highest BCUT2D eigenvalue weighted by Gasteiger charge is 2.18. The summed E-state index contributed by atoms with van der Waals surface area (Å²) >= 11 is 6.83. The molecule has 0 unspecified atom stereocenters. The molecule has 10 nitrogen and oxygen atoms in total. The Balaban J connectivity index is 0.00000188. The van der Waals surface area contributed by atoms with Gasteiger partial charge in [0.2, 0.25) is 5.91 Å². The zero-order valence-electron chi connectivity index (χ0n) is 28.8. The summed E-state index contributed by atoms with van der Waals surface area (Å²) in [6.45, 7) is 9.74. The summed E-state index contributed by atoms with van der Waals surface area (Å²) < 4.78 is 18.6. The Morgan fingerprint density at radius 3 is 2.55 bits per heavy atom. The van der Waals surface area contributed by atoms with Crippen molar-refractivity contribution in [2.45, 2.75) is 52.4 Å². The maximum Gasteiger partial charge on any atom is 0.290 e. The SMILES string of the molecule is C=CC(=O)NCCCOc1cccc(-c2cccc(COc3cc(OCc4cncc(C#N)c4)c(CN4CCCCC4)cc3Cl)c2C)c1.O=CO. The number of piperidine rings is 1. The Labute approximate surface area is 304 Å². The maximum atomic E-state index is 11.3. The Morgan fingerprint density at radius 2 is 1.78 bits per heavy atom. The molecule has 0 spiro atoms. The van der Waals surface area contributed by atoms with Crippen LogP contribution in [0.1, 0.15) is 53.5 Å². The summed E-state index contributed by atoms with van der Waals surface area (Å²) in [5, 5.41) is 19.5. The lowest BCUT2D eigenvalue weighted by Crippen LogP contribution is -2.29. The minimum absolute atomic E-state index is 0.186. The van der Waals surface area contributed by atoms with E-state index in [0.29, 0.717) is 48.3 Å². The van der Waals surface area contributed by atoms with Crippen LogP contribution in [0.2, 0.25) is 5.02 Å². The average Bonchev–Trinajstić information content (AvgIpc) is 3.15. The van der Waals surface area contributed by atoms with E-state index in [0.717, 1.165) is 58.8 Å². The van der Waals surface area contributed by atoms with E-state index < -0.39 is 0 Å². The van der Waals surface area contributed by atoms with E-state index in [2.05, 4.69) is 53.0 Å². The van der Waals surface area contributed by atoms with Crippen molar-refractivity contribution in [2.24, 2.45) is 0 Å². The number of carboxylic acid groups (broad SMARTS) is 1. The first-order valence-electron chi connectivity index (χ1n) is 16.8. The van der Waals surface area contributed by atoms with E-state index in [-0.39, 0.29) is 19.0 Å². The quantitative estimate of drug-likeness (QED) is 0.0731. The Bertz CT molecular complexity index is 1820. The maximum absolute atomic E-state index is 11.3. The number of nitriles is 1. The van der Waals surface area contributed by atoms with Crippen molar-refractivity contribution in [3.63, 3.8) is 0 Å². The third-order valence-electron chi connectivity index (χ3n) is 8.32. The number of nitrogens with zero attached hydrogens (tertiary/aromatic N) is 3. The Kier molecular flexibility index (Phi) is 15.3. The van der Waals surface area contributed by atoms with Gasteiger partial charge in [0, 0.05) is 42.7 Å². The highest BCUT2D eigenvalue weighted by molar-refractivity contribution is 6.32. The second-order valence-electron chi connectivity index (χ2n) is 11.9. The molecule has 2 heterocycles. The number of carbonyl (C=O) groups is 2. The van der Waals surface area contributed by atoms with Crippen molar-refractivity contribution < 1.29 is 28.9 Å². The molecule has 0 aliphatic carbocycles. The lowest BCUT2D eigenvalue weighted by molar-refractivity contribution is -0.123. The molecule has 1 fully saturated rings. The van der Waals surface area contributed by atoms with E-state index in [1.165, 1.54) is 31.5 Å². The van der Waals surface area contributed by atoms with Crippen molar-refractivity contribution in [3.05, 3.63) is 119 Å². The third-order valence-corrected chi connectivity index (χ3v) is 8.62. The number of ether oxygens (including phenoxy) is 3. The number of hydrogen-bond acceptors (Lipinski definition) is 8. The normalized spacial score (nSPS) is 12.4. The van der Waals surface area contributed by atoms with Gasteiger partial charge in [0.1, 0.15) is 36.5 Å². The largest absolute Gasteiger partial charge is 0.494 e. The second kappa shape index (κ2) is 20.3. The monoisotopic (exact) mass is 710 g/mol. The molecule has 4 aromatic rings. The van der Waals surface area contributed by atoms with E-state index >= 15 is 0 Å². The zero-order chi connectivity index (χ0) is 36.4. The van der Waals surface area contributed by atoms with Crippen molar-refractivity contribution in [2.75, 3.05) is 26.2 Å². The molecular weight excluding hydrogens is 668 g/mol. The number of likely N-dealkylation sites (tertiary alicyclic amines) is 1. The summed E-state index contributed by atoms with van der Waals surface area (Å²) in [5.74, 6) is 1.83. The highest BCUT2D eigenvalue weighted by atomic mass is 35.5. The van der Waals surface area contributed by atoms with Crippen LogP contribution in [0.4, 0.5) is 0 Å². The number of rotatable bonds is 15. The number of halogens is 1.